The van der Waals surface area contributed by atoms with Gasteiger partial charge in [-0.25, -0.2) is 0 Å². The third kappa shape index (κ3) is 5.74. The Kier molecular flexibility index (Phi) is 4.81. The number of alkyl halides is 2. The van der Waals surface area contributed by atoms with Crippen LogP contribution in [-0.2, 0) is 0 Å². The number of hydrogen-bond acceptors (Lipinski definition) is 2. The van der Waals surface area contributed by atoms with Crippen molar-refractivity contribution in [1.82, 2.24) is 4.90 Å². The van der Waals surface area contributed by atoms with Gasteiger partial charge < -0.3 is 10.6 Å². The molecule has 0 aromatic carbocycles. The molecule has 0 aromatic rings. The van der Waals surface area contributed by atoms with Crippen LogP contribution in [0.15, 0.2) is 0 Å². The Morgan fingerprint density at radius 3 is 2.31 bits per heavy atom. The molecule has 0 aromatic heterocycles. The lowest BCUT2D eigenvalue weighted by atomic mass is 10.1. The van der Waals surface area contributed by atoms with Crippen molar-refractivity contribution in [2.75, 3.05) is 19.6 Å². The van der Waals surface area contributed by atoms with Crippen molar-refractivity contribution in [3.63, 3.8) is 0 Å². The summed E-state index contributed by atoms with van der Waals surface area (Å²) in [6.45, 7) is 3.53. The molecular weight excluding hydrogens is 207 g/mol. The first-order valence-corrected chi connectivity index (χ1v) is 5.72. The Hall–Kier alpha value is 0.500. The van der Waals surface area contributed by atoms with E-state index in [1.807, 2.05) is 0 Å². The molecule has 4 heteroatoms. The molecule has 0 bridgehead atoms. The molecule has 0 atom stereocenters. The summed E-state index contributed by atoms with van der Waals surface area (Å²) in [7, 11) is 0. The first-order chi connectivity index (χ1) is 6.08. The fraction of sp³-hybridized carbons (Fsp3) is 1.00. The predicted octanol–water partition coefficient (Wildman–Crippen LogP) is 2.34. The van der Waals surface area contributed by atoms with Gasteiger partial charge in [0.05, 0.1) is 0 Å². The standard InChI is InChI=1S/C9H18Cl2N2/c10-9(11,12)5-4-8-13-6-2-1-3-7-13/h1-8,12H2. The Balaban J connectivity index is 2.04. The van der Waals surface area contributed by atoms with Crippen LogP contribution in [0, 0.1) is 0 Å². The minimum atomic E-state index is -1.03. The minimum absolute atomic E-state index is 0.673. The monoisotopic (exact) mass is 224 g/mol. The average molecular weight is 225 g/mol. The molecule has 78 valence electrons. The smallest absolute Gasteiger partial charge is 0.166 e. The van der Waals surface area contributed by atoms with Crippen molar-refractivity contribution in [3.05, 3.63) is 0 Å². The second-order valence-electron chi connectivity index (χ2n) is 3.77. The number of nitrogens with two attached hydrogens (primary N) is 1. The molecule has 1 rings (SSSR count). The maximum atomic E-state index is 5.68. The van der Waals surface area contributed by atoms with E-state index in [2.05, 4.69) is 4.90 Å². The maximum absolute atomic E-state index is 5.68. The predicted molar refractivity (Wildman–Crippen MR) is 58.1 cm³/mol. The summed E-state index contributed by atoms with van der Waals surface area (Å²) in [6, 6.07) is 0. The zero-order chi connectivity index (χ0) is 9.73. The van der Waals surface area contributed by atoms with Crippen LogP contribution in [0.2, 0.25) is 0 Å². The zero-order valence-corrected chi connectivity index (χ0v) is 9.45. The summed E-state index contributed by atoms with van der Waals surface area (Å²) < 4.78 is -1.03. The highest BCUT2D eigenvalue weighted by Crippen LogP contribution is 2.20. The van der Waals surface area contributed by atoms with Gasteiger partial charge in [0.15, 0.2) is 4.46 Å². The van der Waals surface area contributed by atoms with Crippen molar-refractivity contribution in [3.8, 4) is 0 Å². The third-order valence-corrected chi connectivity index (χ3v) is 2.81. The Labute approximate surface area is 90.4 Å². The quantitative estimate of drug-likeness (QED) is 0.587. The molecule has 2 nitrogen and oxygen atoms in total. The van der Waals surface area contributed by atoms with Gasteiger partial charge in [-0.1, -0.05) is 29.6 Å². The van der Waals surface area contributed by atoms with Gasteiger partial charge in [-0.3, -0.25) is 0 Å². The lowest BCUT2D eigenvalue weighted by molar-refractivity contribution is 0.224. The van der Waals surface area contributed by atoms with E-state index in [-0.39, 0.29) is 0 Å². The number of piperidine rings is 1. The van der Waals surface area contributed by atoms with Crippen LogP contribution in [0.5, 0.6) is 0 Å². The fourth-order valence-electron chi connectivity index (χ4n) is 1.72. The van der Waals surface area contributed by atoms with Crippen LogP contribution in [-0.4, -0.2) is 29.0 Å². The lowest BCUT2D eigenvalue weighted by Crippen LogP contribution is -2.32. The van der Waals surface area contributed by atoms with Gasteiger partial charge in [-0.2, -0.15) is 0 Å². The van der Waals surface area contributed by atoms with Crippen LogP contribution in [0.25, 0.3) is 0 Å². The van der Waals surface area contributed by atoms with Crippen molar-refractivity contribution in [2.45, 2.75) is 36.6 Å². The molecule has 1 aliphatic rings. The van der Waals surface area contributed by atoms with Crippen LogP contribution in [0.3, 0.4) is 0 Å². The molecule has 0 saturated carbocycles. The van der Waals surface area contributed by atoms with Crippen molar-refractivity contribution in [2.24, 2.45) is 5.73 Å². The number of likely N-dealkylation sites (tertiary alicyclic amines) is 1. The molecule has 0 amide bonds. The Bertz CT molecular complexity index is 139. The molecule has 1 heterocycles. The van der Waals surface area contributed by atoms with Gasteiger partial charge in [0, 0.05) is 0 Å². The molecule has 0 unspecified atom stereocenters. The Morgan fingerprint density at radius 2 is 1.77 bits per heavy atom. The van der Waals surface area contributed by atoms with Gasteiger partial charge >= 0.3 is 0 Å². The van der Waals surface area contributed by atoms with Gasteiger partial charge in [-0.15, -0.1) is 0 Å². The van der Waals surface area contributed by atoms with E-state index in [0.717, 1.165) is 13.0 Å². The average Bonchev–Trinajstić information content (AvgIpc) is 2.04. The molecule has 13 heavy (non-hydrogen) atoms. The van der Waals surface area contributed by atoms with E-state index in [4.69, 9.17) is 28.9 Å². The molecule has 1 saturated heterocycles. The van der Waals surface area contributed by atoms with E-state index in [9.17, 15) is 0 Å². The maximum Gasteiger partial charge on any atom is 0.166 e. The van der Waals surface area contributed by atoms with E-state index in [1.165, 1.54) is 32.4 Å². The first-order valence-electron chi connectivity index (χ1n) is 4.97. The van der Waals surface area contributed by atoms with Crippen LogP contribution in [0.1, 0.15) is 32.1 Å². The summed E-state index contributed by atoms with van der Waals surface area (Å²) in [4.78, 5) is 2.46. The van der Waals surface area contributed by atoms with Crippen molar-refractivity contribution >= 4 is 23.2 Å². The largest absolute Gasteiger partial charge is 0.303 e. The minimum Gasteiger partial charge on any atom is -0.303 e. The topological polar surface area (TPSA) is 29.3 Å². The van der Waals surface area contributed by atoms with Gasteiger partial charge in [0.25, 0.3) is 0 Å². The van der Waals surface area contributed by atoms with Crippen molar-refractivity contribution in [1.29, 1.82) is 0 Å². The summed E-state index contributed by atoms with van der Waals surface area (Å²) in [5.74, 6) is 0. The summed E-state index contributed by atoms with van der Waals surface area (Å²) in [5, 5.41) is 0. The molecule has 0 spiro atoms. The molecule has 1 aliphatic heterocycles. The highest BCUT2D eigenvalue weighted by atomic mass is 35.5. The number of nitrogens with zero attached hydrogens (tertiary/aromatic N) is 1. The molecule has 0 aliphatic carbocycles. The van der Waals surface area contributed by atoms with Gasteiger partial charge in [0.2, 0.25) is 0 Å². The lowest BCUT2D eigenvalue weighted by Gasteiger charge is -2.26. The summed E-state index contributed by atoms with van der Waals surface area (Å²) >= 11 is 11.4. The zero-order valence-electron chi connectivity index (χ0n) is 7.94. The van der Waals surface area contributed by atoms with Gasteiger partial charge in [0.1, 0.15) is 0 Å². The van der Waals surface area contributed by atoms with E-state index in [1.54, 1.807) is 0 Å². The molecule has 0 radical (unpaired) electrons. The molecular formula is C9H18Cl2N2. The summed E-state index contributed by atoms with van der Waals surface area (Å²) in [5.41, 5.74) is 5.46. The highest BCUT2D eigenvalue weighted by Gasteiger charge is 2.17. The first kappa shape index (κ1) is 11.6. The fourth-order valence-corrected chi connectivity index (χ4v) is 1.99. The van der Waals surface area contributed by atoms with E-state index < -0.39 is 4.46 Å². The Morgan fingerprint density at radius 1 is 1.15 bits per heavy atom. The van der Waals surface area contributed by atoms with E-state index in [0.29, 0.717) is 6.42 Å². The van der Waals surface area contributed by atoms with Gasteiger partial charge in [-0.05, 0) is 45.3 Å². The normalized spacial score (nSPS) is 20.5. The van der Waals surface area contributed by atoms with E-state index >= 15 is 0 Å². The van der Waals surface area contributed by atoms with Crippen LogP contribution < -0.4 is 5.73 Å². The summed E-state index contributed by atoms with van der Waals surface area (Å²) in [6.07, 6.45) is 5.70. The SMILES string of the molecule is NC(Cl)(Cl)CCCN1CCCCC1. The number of hydrogen-bond donors (Lipinski definition) is 1. The number of halogens is 2. The second-order valence-corrected chi connectivity index (χ2v) is 5.31. The van der Waals surface area contributed by atoms with Crippen LogP contribution >= 0.6 is 23.2 Å². The highest BCUT2D eigenvalue weighted by molar-refractivity contribution is 6.47. The molecule has 2 N–H and O–H groups in total. The molecule has 1 fully saturated rings. The second kappa shape index (κ2) is 5.40. The number of rotatable bonds is 4. The third-order valence-electron chi connectivity index (χ3n) is 2.43. The van der Waals surface area contributed by atoms with Crippen molar-refractivity contribution < 1.29 is 0 Å². The van der Waals surface area contributed by atoms with Crippen LogP contribution in [0.4, 0.5) is 0 Å².